The number of rotatable bonds is 6. The van der Waals surface area contributed by atoms with Gasteiger partial charge in [-0.15, -0.1) is 0 Å². The predicted octanol–water partition coefficient (Wildman–Crippen LogP) is 5.05. The van der Waals surface area contributed by atoms with E-state index in [0.717, 1.165) is 23.0 Å². The van der Waals surface area contributed by atoms with Crippen molar-refractivity contribution in [2.75, 3.05) is 36.0 Å². The molecule has 11 heteroatoms. The first-order valence-corrected chi connectivity index (χ1v) is 14.4. The highest BCUT2D eigenvalue weighted by molar-refractivity contribution is 8.26. The quantitative estimate of drug-likeness (QED) is 0.293. The van der Waals surface area contributed by atoms with Crippen molar-refractivity contribution >= 4 is 51.8 Å². The summed E-state index contributed by atoms with van der Waals surface area (Å²) < 4.78 is 28.8. The summed E-state index contributed by atoms with van der Waals surface area (Å²) in [5.74, 6) is -0.292. The van der Waals surface area contributed by atoms with Crippen molar-refractivity contribution in [3.05, 3.63) is 97.7 Å². The zero-order valence-corrected chi connectivity index (χ0v) is 24.2. The van der Waals surface area contributed by atoms with Crippen molar-refractivity contribution < 1.29 is 13.6 Å². The molecule has 0 radical (unpaired) electrons. The molecule has 0 unspecified atom stereocenters. The molecule has 1 amide bonds. The highest BCUT2D eigenvalue weighted by Gasteiger charge is 2.33. The SMILES string of the molecule is CCn1c(N2CCN(c3ccc(F)cc3)CC2)c(C=C2SC(=S)N(Cc3ccc(F)cc3)C2=O)c(C)c(C#N)c1=O. The Morgan fingerprint density at radius 2 is 1.56 bits per heavy atom. The normalized spacial score (nSPS) is 16.6. The number of nitriles is 1. The van der Waals surface area contributed by atoms with Crippen molar-refractivity contribution in [3.63, 3.8) is 0 Å². The summed E-state index contributed by atoms with van der Waals surface area (Å²) in [4.78, 5) is 32.9. The Labute approximate surface area is 246 Å². The summed E-state index contributed by atoms with van der Waals surface area (Å²) in [5, 5.41) is 9.85. The molecule has 2 saturated heterocycles. The van der Waals surface area contributed by atoms with E-state index in [1.54, 1.807) is 41.8 Å². The molecule has 2 aliphatic heterocycles. The summed E-state index contributed by atoms with van der Waals surface area (Å²) in [6, 6.07) is 14.3. The van der Waals surface area contributed by atoms with Crippen LogP contribution >= 0.6 is 24.0 Å². The second-order valence-corrected chi connectivity index (χ2v) is 11.4. The molecule has 0 atom stereocenters. The minimum atomic E-state index is -0.371. The van der Waals surface area contributed by atoms with Gasteiger partial charge in [0.25, 0.3) is 11.5 Å². The van der Waals surface area contributed by atoms with Gasteiger partial charge in [-0.25, -0.2) is 8.78 Å². The molecule has 0 saturated carbocycles. The number of pyridine rings is 1. The molecule has 0 aliphatic carbocycles. The van der Waals surface area contributed by atoms with Crippen LogP contribution in [-0.2, 0) is 17.9 Å². The largest absolute Gasteiger partial charge is 0.368 e. The lowest BCUT2D eigenvalue weighted by molar-refractivity contribution is -0.122. The van der Waals surface area contributed by atoms with E-state index in [9.17, 15) is 23.6 Å². The molecule has 2 fully saturated rings. The number of carbonyl (C=O) groups is 1. The maximum Gasteiger partial charge on any atom is 0.270 e. The third-order valence-electron chi connectivity index (χ3n) is 7.34. The fourth-order valence-electron chi connectivity index (χ4n) is 5.15. The van der Waals surface area contributed by atoms with E-state index in [0.29, 0.717) is 58.9 Å². The second-order valence-electron chi connectivity index (χ2n) is 9.74. The fraction of sp³-hybridized carbons (Fsp3) is 0.267. The van der Waals surface area contributed by atoms with Crippen LogP contribution in [0.5, 0.6) is 0 Å². The maximum absolute atomic E-state index is 13.5. The van der Waals surface area contributed by atoms with Gasteiger partial charge in [0.1, 0.15) is 33.4 Å². The number of carbonyl (C=O) groups excluding carboxylic acids is 1. The van der Waals surface area contributed by atoms with E-state index in [-0.39, 0.29) is 35.2 Å². The van der Waals surface area contributed by atoms with Crippen LogP contribution in [0.4, 0.5) is 20.3 Å². The van der Waals surface area contributed by atoms with Crippen molar-refractivity contribution in [3.8, 4) is 6.07 Å². The van der Waals surface area contributed by atoms with Crippen LogP contribution in [0.3, 0.4) is 0 Å². The van der Waals surface area contributed by atoms with Gasteiger partial charge in [0.15, 0.2) is 0 Å². The van der Waals surface area contributed by atoms with Crippen LogP contribution in [0.2, 0.25) is 0 Å². The van der Waals surface area contributed by atoms with E-state index < -0.39 is 0 Å². The van der Waals surface area contributed by atoms with Crippen molar-refractivity contribution in [2.45, 2.75) is 26.9 Å². The molecule has 41 heavy (non-hydrogen) atoms. The molecule has 0 N–H and O–H groups in total. The van der Waals surface area contributed by atoms with E-state index in [1.807, 2.05) is 6.92 Å². The average Bonchev–Trinajstić information content (AvgIpc) is 3.23. The predicted molar refractivity (Wildman–Crippen MR) is 162 cm³/mol. The Morgan fingerprint density at radius 1 is 0.976 bits per heavy atom. The van der Waals surface area contributed by atoms with E-state index in [4.69, 9.17) is 12.2 Å². The molecule has 3 heterocycles. The van der Waals surface area contributed by atoms with Gasteiger partial charge in [0.05, 0.1) is 11.4 Å². The Bertz CT molecular complexity index is 1640. The number of nitrogens with zero attached hydrogens (tertiary/aromatic N) is 5. The lowest BCUT2D eigenvalue weighted by Gasteiger charge is -2.39. The monoisotopic (exact) mass is 591 g/mol. The highest BCUT2D eigenvalue weighted by Crippen LogP contribution is 2.37. The van der Waals surface area contributed by atoms with Gasteiger partial charge < -0.3 is 9.80 Å². The molecule has 0 spiro atoms. The van der Waals surface area contributed by atoms with Gasteiger partial charge >= 0.3 is 0 Å². The molecule has 0 bridgehead atoms. The maximum atomic E-state index is 13.5. The second kappa shape index (κ2) is 11.8. The van der Waals surface area contributed by atoms with Gasteiger partial charge in [0.2, 0.25) is 0 Å². The Balaban J connectivity index is 1.50. The number of thioether (sulfide) groups is 1. The number of thiocarbonyl (C=S) groups is 1. The van der Waals surface area contributed by atoms with E-state index >= 15 is 0 Å². The molecular formula is C30H27F2N5O2S2. The number of aromatic nitrogens is 1. The number of anilines is 2. The summed E-state index contributed by atoms with van der Waals surface area (Å²) in [5.41, 5.74) is 2.45. The molecule has 3 aromatic rings. The summed E-state index contributed by atoms with van der Waals surface area (Å²) in [6.45, 7) is 6.56. The number of halogens is 2. The van der Waals surface area contributed by atoms with Crippen LogP contribution in [0.1, 0.15) is 29.2 Å². The van der Waals surface area contributed by atoms with Crippen molar-refractivity contribution in [1.29, 1.82) is 5.26 Å². The van der Waals surface area contributed by atoms with Crippen LogP contribution in [-0.4, -0.2) is 45.9 Å². The average molecular weight is 592 g/mol. The van der Waals surface area contributed by atoms with Gasteiger partial charge in [0, 0.05) is 44.0 Å². The van der Waals surface area contributed by atoms with Crippen LogP contribution in [0.25, 0.3) is 6.08 Å². The number of piperazine rings is 1. The van der Waals surface area contributed by atoms with Gasteiger partial charge in [-0.2, -0.15) is 5.26 Å². The lowest BCUT2D eigenvalue weighted by Crippen LogP contribution is -2.48. The van der Waals surface area contributed by atoms with Crippen LogP contribution < -0.4 is 15.4 Å². The molecule has 210 valence electrons. The molecular weight excluding hydrogens is 564 g/mol. The molecule has 5 rings (SSSR count). The number of benzene rings is 2. The van der Waals surface area contributed by atoms with Gasteiger partial charge in [-0.3, -0.25) is 19.1 Å². The van der Waals surface area contributed by atoms with Crippen LogP contribution in [0, 0.1) is 29.9 Å². The minimum Gasteiger partial charge on any atom is -0.368 e. The smallest absolute Gasteiger partial charge is 0.270 e. The standard InChI is InChI=1S/C30H27F2N5O2S2/c1-3-36-27(35-14-12-34(13-15-35)23-10-8-22(32)9-11-23)24(19(2)25(17-33)28(36)38)16-26-29(39)37(30(40)41-26)18-20-4-6-21(31)7-5-20/h4-11,16H,3,12-15,18H2,1-2H3. The Morgan fingerprint density at radius 3 is 2.15 bits per heavy atom. The molecule has 2 aromatic carbocycles. The van der Waals surface area contributed by atoms with Crippen molar-refractivity contribution in [1.82, 2.24) is 9.47 Å². The minimum absolute atomic E-state index is 0.0357. The summed E-state index contributed by atoms with van der Waals surface area (Å²) >= 11 is 6.68. The Kier molecular flexibility index (Phi) is 8.24. The molecule has 7 nitrogen and oxygen atoms in total. The fourth-order valence-corrected chi connectivity index (χ4v) is 6.38. The topological polar surface area (TPSA) is 72.6 Å². The first-order valence-electron chi connectivity index (χ1n) is 13.1. The van der Waals surface area contributed by atoms with Crippen molar-refractivity contribution in [2.24, 2.45) is 0 Å². The van der Waals surface area contributed by atoms with E-state index in [2.05, 4.69) is 15.9 Å². The van der Waals surface area contributed by atoms with Gasteiger partial charge in [-0.05, 0) is 67.4 Å². The summed E-state index contributed by atoms with van der Waals surface area (Å²) in [6.07, 6.45) is 1.73. The zero-order chi connectivity index (χ0) is 29.3. The van der Waals surface area contributed by atoms with Crippen LogP contribution in [0.15, 0.2) is 58.2 Å². The molecule has 1 aromatic heterocycles. The number of hydrogen-bond donors (Lipinski definition) is 0. The molecule has 2 aliphatic rings. The first kappa shape index (κ1) is 28.5. The Hall–Kier alpha value is -4.01. The third kappa shape index (κ3) is 5.62. The number of amides is 1. The summed E-state index contributed by atoms with van der Waals surface area (Å²) in [7, 11) is 0. The number of hydrogen-bond acceptors (Lipinski definition) is 7. The highest BCUT2D eigenvalue weighted by atomic mass is 32.2. The zero-order valence-electron chi connectivity index (χ0n) is 22.6. The lowest BCUT2D eigenvalue weighted by atomic mass is 10.0. The van der Waals surface area contributed by atoms with Gasteiger partial charge in [-0.1, -0.05) is 36.1 Å². The third-order valence-corrected chi connectivity index (χ3v) is 8.71. The van der Waals surface area contributed by atoms with E-state index in [1.165, 1.54) is 29.2 Å². The first-order chi connectivity index (χ1) is 19.7.